The fourth-order valence-corrected chi connectivity index (χ4v) is 4.60. The van der Waals surface area contributed by atoms with Gasteiger partial charge in [0.15, 0.2) is 0 Å². The molecule has 54 heavy (non-hydrogen) atoms. The van der Waals surface area contributed by atoms with E-state index in [1.54, 1.807) is 0 Å². The van der Waals surface area contributed by atoms with Crippen molar-refractivity contribution in [2.45, 2.75) is 63.8 Å². The lowest BCUT2D eigenvalue weighted by molar-refractivity contribution is -0.141. The average molecular weight is 772 g/mol. The van der Waals surface area contributed by atoms with Crippen molar-refractivity contribution < 1.29 is 63.0 Å². The summed E-state index contributed by atoms with van der Waals surface area (Å²) in [5.41, 5.74) is 5.13. The van der Waals surface area contributed by atoms with Crippen LogP contribution in [-0.2, 0) is 52.7 Å². The maximum absolute atomic E-state index is 12.6. The summed E-state index contributed by atoms with van der Waals surface area (Å²) in [5, 5.41) is 38.7. The molecule has 24 heteroatoms. The minimum atomic E-state index is -1.31. The van der Waals surface area contributed by atoms with Crippen LogP contribution in [0.5, 0.6) is 0 Å². The van der Waals surface area contributed by atoms with Crippen molar-refractivity contribution in [3.8, 4) is 0 Å². The molecule has 1 heterocycles. The molecule has 1 rings (SSSR count). The van der Waals surface area contributed by atoms with E-state index in [4.69, 9.17) is 10.8 Å². The third-order valence-electron chi connectivity index (χ3n) is 7.29. The van der Waals surface area contributed by atoms with Crippen LogP contribution in [0.25, 0.3) is 0 Å². The highest BCUT2D eigenvalue weighted by Crippen LogP contribution is 2.17. The van der Waals surface area contributed by atoms with E-state index in [0.717, 1.165) is 0 Å². The Labute approximate surface area is 309 Å². The molecule has 10 amide bonds. The molecule has 0 aromatic heterocycles. The van der Waals surface area contributed by atoms with Crippen molar-refractivity contribution in [2.75, 3.05) is 58.9 Å². The van der Waals surface area contributed by atoms with E-state index in [9.17, 15) is 57.8 Å². The fraction of sp³-hybridized carbons (Fsp3) is 0.633. The number of aliphatic hydroxyl groups is 1. The number of aliphatic hydroxyl groups excluding tert-OH is 1. The van der Waals surface area contributed by atoms with E-state index < -0.39 is 129 Å². The molecule has 0 aromatic rings. The lowest BCUT2D eigenvalue weighted by Crippen LogP contribution is -2.52. The fourth-order valence-electron chi connectivity index (χ4n) is 4.60. The largest absolute Gasteiger partial charge is 0.480 e. The van der Waals surface area contributed by atoms with Gasteiger partial charge in [-0.1, -0.05) is 0 Å². The van der Waals surface area contributed by atoms with Crippen LogP contribution in [0.4, 0.5) is 0 Å². The number of amides is 10. The highest BCUT2D eigenvalue weighted by atomic mass is 16.4. The van der Waals surface area contributed by atoms with Crippen LogP contribution in [0.3, 0.4) is 0 Å². The second-order valence-electron chi connectivity index (χ2n) is 12.0. The molecule has 0 saturated carbocycles. The first-order valence-corrected chi connectivity index (χ1v) is 16.8. The molecular formula is C30H49N11O13. The van der Waals surface area contributed by atoms with Crippen LogP contribution >= 0.6 is 0 Å². The first-order valence-electron chi connectivity index (χ1n) is 16.8. The molecule has 1 aliphatic heterocycles. The lowest BCUT2D eigenvalue weighted by atomic mass is 10.1. The zero-order valence-corrected chi connectivity index (χ0v) is 29.9. The van der Waals surface area contributed by atoms with Gasteiger partial charge in [-0.25, -0.2) is 0 Å². The van der Waals surface area contributed by atoms with Crippen LogP contribution in [0, 0.1) is 0 Å². The zero-order valence-electron chi connectivity index (χ0n) is 29.9. The molecule has 0 radical (unpaired) electrons. The number of nitrogens with one attached hydrogen (secondary N) is 9. The molecule has 0 spiro atoms. The van der Waals surface area contributed by atoms with Gasteiger partial charge in [0.05, 0.1) is 45.4 Å². The van der Waals surface area contributed by atoms with E-state index in [-0.39, 0.29) is 32.5 Å². The first kappa shape index (κ1) is 46.1. The van der Waals surface area contributed by atoms with Gasteiger partial charge in [0.25, 0.3) is 0 Å². The number of hydrogen-bond acceptors (Lipinski definition) is 13. The van der Waals surface area contributed by atoms with E-state index in [0.29, 0.717) is 12.8 Å². The number of nitrogens with zero attached hydrogens (tertiary/aromatic N) is 1. The number of carboxylic acid groups (broad SMARTS) is 1. The van der Waals surface area contributed by atoms with Gasteiger partial charge in [0, 0.05) is 19.5 Å². The number of nitrogens with two attached hydrogens (primary N) is 1. The van der Waals surface area contributed by atoms with Gasteiger partial charge < -0.3 is 68.7 Å². The predicted molar refractivity (Wildman–Crippen MR) is 183 cm³/mol. The van der Waals surface area contributed by atoms with Crippen molar-refractivity contribution in [3.05, 3.63) is 0 Å². The van der Waals surface area contributed by atoms with Crippen LogP contribution < -0.4 is 53.6 Å². The minimum absolute atomic E-state index is 0.145. The summed E-state index contributed by atoms with van der Waals surface area (Å²) in [7, 11) is 0. The Bertz CT molecular complexity index is 1410. The number of rotatable bonds is 24. The van der Waals surface area contributed by atoms with Gasteiger partial charge in [-0.05, 0) is 33.1 Å². The quantitative estimate of drug-likeness (QED) is 0.0434. The smallest absolute Gasteiger partial charge is 0.322 e. The number of carbonyl (C=O) groups excluding carboxylic acids is 10. The summed E-state index contributed by atoms with van der Waals surface area (Å²) in [4.78, 5) is 134. The molecule has 0 aromatic carbocycles. The Hall–Kier alpha value is -5.91. The summed E-state index contributed by atoms with van der Waals surface area (Å²) < 4.78 is 0. The number of carboxylic acids is 1. The Morgan fingerprint density at radius 1 is 0.685 bits per heavy atom. The maximum atomic E-state index is 12.6. The first-order chi connectivity index (χ1) is 25.4. The number of hydrogen-bond donors (Lipinski definition) is 12. The Morgan fingerprint density at radius 2 is 1.22 bits per heavy atom. The maximum Gasteiger partial charge on any atom is 0.322 e. The third-order valence-corrected chi connectivity index (χ3v) is 7.29. The van der Waals surface area contributed by atoms with Gasteiger partial charge in [0.1, 0.15) is 24.7 Å². The molecule has 4 atom stereocenters. The number of carbonyl (C=O) groups is 11. The van der Waals surface area contributed by atoms with Crippen molar-refractivity contribution in [1.29, 1.82) is 0 Å². The molecule has 302 valence electrons. The van der Waals surface area contributed by atoms with Crippen LogP contribution in [0.2, 0.25) is 0 Å². The average Bonchev–Trinajstić information content (AvgIpc) is 3.61. The molecule has 24 nitrogen and oxygen atoms in total. The van der Waals surface area contributed by atoms with Crippen molar-refractivity contribution in [2.24, 2.45) is 5.73 Å². The summed E-state index contributed by atoms with van der Waals surface area (Å²) in [6.45, 7) is -0.449. The van der Waals surface area contributed by atoms with Crippen LogP contribution in [0.1, 0.15) is 39.5 Å². The Balaban J connectivity index is 2.41. The summed E-state index contributed by atoms with van der Waals surface area (Å²) in [5.74, 6) is -8.62. The van der Waals surface area contributed by atoms with Crippen molar-refractivity contribution in [3.63, 3.8) is 0 Å². The normalized spacial score (nSPS) is 14.9. The van der Waals surface area contributed by atoms with E-state index in [1.807, 2.05) is 0 Å². The van der Waals surface area contributed by atoms with E-state index in [2.05, 4.69) is 47.9 Å². The highest BCUT2D eigenvalue weighted by Gasteiger charge is 2.34. The minimum Gasteiger partial charge on any atom is -0.480 e. The lowest BCUT2D eigenvalue weighted by Gasteiger charge is -2.24. The summed E-state index contributed by atoms with van der Waals surface area (Å²) >= 11 is 0. The van der Waals surface area contributed by atoms with Gasteiger partial charge in [-0.15, -0.1) is 0 Å². The SMILES string of the molecule is CC(O)CNCC(=O)NCC(=O)NC(CCC(N)=O)C(=O)NCC(=O)NCC(=O)NCC(=O)NC(C)C(=O)NCC(=O)N1CCCC1C(=O)NCC(=O)O. The van der Waals surface area contributed by atoms with Crippen molar-refractivity contribution >= 4 is 65.0 Å². The topological polar surface area (TPSA) is 366 Å². The second-order valence-corrected chi connectivity index (χ2v) is 12.0. The zero-order chi connectivity index (χ0) is 40.8. The van der Waals surface area contributed by atoms with Crippen LogP contribution in [-0.4, -0.2) is 163 Å². The summed E-state index contributed by atoms with van der Waals surface area (Å²) in [6, 6.07) is -3.33. The van der Waals surface area contributed by atoms with Crippen LogP contribution in [0.15, 0.2) is 0 Å². The Kier molecular flexibility index (Phi) is 20.8. The van der Waals surface area contributed by atoms with Gasteiger partial charge in [-0.3, -0.25) is 52.7 Å². The molecule has 1 aliphatic rings. The number of aliphatic carboxylic acids is 1. The van der Waals surface area contributed by atoms with Crippen molar-refractivity contribution in [1.82, 2.24) is 52.8 Å². The van der Waals surface area contributed by atoms with Gasteiger partial charge >= 0.3 is 5.97 Å². The molecule has 0 aliphatic carbocycles. The van der Waals surface area contributed by atoms with Gasteiger partial charge in [-0.2, -0.15) is 0 Å². The highest BCUT2D eigenvalue weighted by molar-refractivity contribution is 5.95. The molecule has 1 fully saturated rings. The second kappa shape index (κ2) is 24.4. The standard InChI is InChI=1S/C30H49N11O13/c1-16(42)8-32-9-21(44)34-13-25(48)40-18(5-6-20(31)43)29(53)36-11-23(46)33-10-22(45)35-12-24(47)39-17(2)28(52)37-14-26(49)41-7-3-4-19(41)30(54)38-15-27(50)51/h16-19,32,42H,3-15H2,1-2H3,(H2,31,43)(H,33,46)(H,34,44)(H,35,45)(H,36,53)(H,37,52)(H,38,54)(H,39,47)(H,40,48)(H,50,51). The monoisotopic (exact) mass is 771 g/mol. The molecule has 0 bridgehead atoms. The van der Waals surface area contributed by atoms with E-state index in [1.165, 1.54) is 18.7 Å². The molecular weight excluding hydrogens is 722 g/mol. The summed E-state index contributed by atoms with van der Waals surface area (Å²) in [6.07, 6.45) is -0.387. The molecule has 1 saturated heterocycles. The van der Waals surface area contributed by atoms with Gasteiger partial charge in [0.2, 0.25) is 59.1 Å². The van der Waals surface area contributed by atoms with E-state index >= 15 is 0 Å². The number of primary amides is 1. The predicted octanol–water partition coefficient (Wildman–Crippen LogP) is -8.02. The Morgan fingerprint density at radius 3 is 1.80 bits per heavy atom. The molecule has 13 N–H and O–H groups in total. The third kappa shape index (κ3) is 19.6. The molecule has 4 unspecified atom stereocenters. The number of likely N-dealkylation sites (tertiary alicyclic amines) is 1.